The van der Waals surface area contributed by atoms with Gasteiger partial charge in [0.1, 0.15) is 17.5 Å². The summed E-state index contributed by atoms with van der Waals surface area (Å²) in [5.41, 5.74) is -5.66. The lowest BCUT2D eigenvalue weighted by Crippen LogP contribution is -2.53. The number of fused-ring (bicyclic) bond motifs is 1. The minimum Gasteiger partial charge on any atom is -0.485 e. The molecular weight excluding hydrogens is 630 g/mol. The number of anilines is 1. The molecule has 0 spiro atoms. The Bertz CT molecular complexity index is 1660. The molecule has 3 aromatic rings. The highest BCUT2D eigenvalue weighted by Gasteiger charge is 2.59. The Morgan fingerprint density at radius 2 is 1.56 bits per heavy atom. The molecule has 3 atom stereocenters. The predicted molar refractivity (Wildman–Crippen MR) is 151 cm³/mol. The Morgan fingerprint density at radius 3 is 2.09 bits per heavy atom. The molecule has 45 heavy (non-hydrogen) atoms. The summed E-state index contributed by atoms with van der Waals surface area (Å²) in [6.45, 7) is 5.02. The minimum absolute atomic E-state index is 0.0530. The van der Waals surface area contributed by atoms with Gasteiger partial charge in [0.05, 0.1) is 17.4 Å². The Kier molecular flexibility index (Phi) is 9.07. The molecule has 1 aliphatic heterocycles. The van der Waals surface area contributed by atoms with Crippen molar-refractivity contribution in [1.29, 1.82) is 0 Å². The van der Waals surface area contributed by atoms with Crippen molar-refractivity contribution < 1.29 is 54.5 Å². The van der Waals surface area contributed by atoms with Crippen LogP contribution < -0.4 is 14.8 Å². The summed E-state index contributed by atoms with van der Waals surface area (Å²) in [7, 11) is -4.17. The zero-order valence-corrected chi connectivity index (χ0v) is 24.9. The zero-order chi connectivity index (χ0) is 33.6. The molecule has 0 saturated carbocycles. The van der Waals surface area contributed by atoms with E-state index in [1.165, 1.54) is 30.3 Å². The number of aryl methyl sites for hydroxylation is 1. The molecule has 15 heteroatoms. The fourth-order valence-corrected chi connectivity index (χ4v) is 6.12. The van der Waals surface area contributed by atoms with Crippen molar-refractivity contribution in [1.82, 2.24) is 4.72 Å². The van der Waals surface area contributed by atoms with E-state index in [0.29, 0.717) is 18.6 Å². The second kappa shape index (κ2) is 11.9. The number of aliphatic hydroxyl groups is 2. The Balaban J connectivity index is 1.61. The molecule has 244 valence electrons. The second-order valence-corrected chi connectivity index (χ2v) is 12.9. The number of alkyl halides is 6. The number of halogens is 6. The Hall–Kier alpha value is -3.66. The zero-order valence-electron chi connectivity index (χ0n) is 24.1. The van der Waals surface area contributed by atoms with Crippen LogP contribution in [0.5, 0.6) is 5.75 Å². The molecule has 3 aromatic carbocycles. The largest absolute Gasteiger partial charge is 0.485 e. The van der Waals surface area contributed by atoms with Crippen molar-refractivity contribution in [2.24, 2.45) is 0 Å². The lowest BCUT2D eigenvalue weighted by atomic mass is 9.86. The summed E-state index contributed by atoms with van der Waals surface area (Å²) in [4.78, 5) is 13.0. The van der Waals surface area contributed by atoms with Crippen LogP contribution in [0.25, 0.3) is 0 Å². The van der Waals surface area contributed by atoms with E-state index in [0.717, 1.165) is 17.7 Å². The van der Waals surface area contributed by atoms with Gasteiger partial charge >= 0.3 is 12.4 Å². The molecule has 0 aromatic heterocycles. The molecule has 4 rings (SSSR count). The highest BCUT2D eigenvalue weighted by atomic mass is 32.2. The van der Waals surface area contributed by atoms with Crippen molar-refractivity contribution in [2.75, 3.05) is 5.32 Å². The molecule has 0 bridgehead atoms. The van der Waals surface area contributed by atoms with E-state index in [9.17, 15) is 49.8 Å². The molecule has 1 heterocycles. The van der Waals surface area contributed by atoms with E-state index >= 15 is 0 Å². The normalized spacial score (nSPS) is 19.6. The smallest absolute Gasteiger partial charge is 0.421 e. The number of carbonyl (C=O) groups is 1. The summed E-state index contributed by atoms with van der Waals surface area (Å²) in [6.07, 6.45) is -14.3. The number of hydrogen-bond donors (Lipinski definition) is 4. The average molecular weight is 661 g/mol. The Labute approximate surface area is 255 Å². The number of hydrogen-bond acceptors (Lipinski definition) is 6. The van der Waals surface area contributed by atoms with Gasteiger partial charge in [-0.2, -0.15) is 26.3 Å². The van der Waals surface area contributed by atoms with Gasteiger partial charge < -0.3 is 20.3 Å². The van der Waals surface area contributed by atoms with E-state index in [-0.39, 0.29) is 27.5 Å². The highest BCUT2D eigenvalue weighted by molar-refractivity contribution is 7.89. The number of aliphatic hydroxyl groups excluding tert-OH is 1. The van der Waals surface area contributed by atoms with Gasteiger partial charge in [0.2, 0.25) is 10.0 Å². The fourth-order valence-electron chi connectivity index (χ4n) is 4.90. The van der Waals surface area contributed by atoms with E-state index in [1.54, 1.807) is 26.0 Å². The number of carbonyl (C=O) groups excluding carboxylic acids is 1. The van der Waals surface area contributed by atoms with Crippen LogP contribution in [0, 0.1) is 0 Å². The van der Waals surface area contributed by atoms with Gasteiger partial charge in [0.25, 0.3) is 5.91 Å². The van der Waals surface area contributed by atoms with Crippen molar-refractivity contribution in [2.45, 2.75) is 74.2 Å². The minimum atomic E-state index is -5.64. The van der Waals surface area contributed by atoms with Crippen molar-refractivity contribution in [3.63, 3.8) is 0 Å². The van der Waals surface area contributed by atoms with Crippen LogP contribution in [-0.2, 0) is 22.0 Å². The van der Waals surface area contributed by atoms with E-state index in [1.807, 2.05) is 6.92 Å². The SMILES string of the molecule is CCc1ccc(S(=O)(=O)N[C@@H]2c3cc(C(=O)Nc4ccc(C(O)(CC(F)(F)F)C(F)(F)F)cc4)ccc3OC(C)(C)[C@H]2O)cc1. The topological polar surface area (TPSA) is 125 Å². The Morgan fingerprint density at radius 1 is 0.956 bits per heavy atom. The lowest BCUT2D eigenvalue weighted by molar-refractivity contribution is -0.300. The molecule has 0 radical (unpaired) electrons. The standard InChI is InChI=1S/C30H30F6N2O6S/c1-4-17-5-12-21(13-6-17)45(42,43)38-24-22-15-18(7-14-23(22)44-27(2,3)25(24)39)26(40)37-20-10-8-19(9-11-20)28(41,30(34,35)36)16-29(31,32)33/h5-15,24-25,38-39,41H,4,16H2,1-3H3,(H,37,40)/t24-,25+,28?/m1/s1. The van der Waals surface area contributed by atoms with Crippen LogP contribution in [0.2, 0.25) is 0 Å². The average Bonchev–Trinajstić information content (AvgIpc) is 2.94. The number of ether oxygens (including phenoxy) is 1. The number of sulfonamides is 1. The van der Waals surface area contributed by atoms with Crippen molar-refractivity contribution in [3.8, 4) is 5.75 Å². The van der Waals surface area contributed by atoms with E-state index < -0.39 is 63.6 Å². The number of amides is 1. The van der Waals surface area contributed by atoms with Crippen LogP contribution in [-0.4, -0.2) is 48.6 Å². The monoisotopic (exact) mass is 660 g/mol. The summed E-state index contributed by atoms with van der Waals surface area (Å²) in [5, 5.41) is 23.5. The van der Waals surface area contributed by atoms with Gasteiger partial charge in [-0.15, -0.1) is 0 Å². The first kappa shape index (κ1) is 34.2. The molecule has 8 nitrogen and oxygen atoms in total. The van der Waals surface area contributed by atoms with Gasteiger partial charge in [-0.25, -0.2) is 13.1 Å². The molecule has 4 N–H and O–H groups in total. The molecular formula is C30H30F6N2O6S. The fraction of sp³-hybridized carbons (Fsp3) is 0.367. The molecule has 0 fully saturated rings. The van der Waals surface area contributed by atoms with Crippen LogP contribution in [0.1, 0.15) is 60.3 Å². The number of rotatable bonds is 8. The third kappa shape index (κ3) is 7.27. The molecule has 1 amide bonds. The third-order valence-electron chi connectivity index (χ3n) is 7.48. The second-order valence-electron chi connectivity index (χ2n) is 11.2. The third-order valence-corrected chi connectivity index (χ3v) is 8.93. The van der Waals surface area contributed by atoms with Gasteiger partial charge in [-0.3, -0.25) is 4.79 Å². The highest BCUT2D eigenvalue weighted by Crippen LogP contribution is 2.46. The molecule has 1 unspecified atom stereocenters. The number of nitrogens with one attached hydrogen (secondary N) is 2. The van der Waals surface area contributed by atoms with Crippen LogP contribution in [0.15, 0.2) is 71.6 Å². The van der Waals surface area contributed by atoms with Gasteiger partial charge in [-0.05, 0) is 73.9 Å². The maximum atomic E-state index is 13.4. The lowest BCUT2D eigenvalue weighted by Gasteiger charge is -2.42. The summed E-state index contributed by atoms with van der Waals surface area (Å²) in [6, 6.07) is 11.9. The van der Waals surface area contributed by atoms with Crippen LogP contribution in [0.4, 0.5) is 32.0 Å². The summed E-state index contributed by atoms with van der Waals surface area (Å²) in [5.74, 6) is -0.639. The van der Waals surface area contributed by atoms with E-state index in [2.05, 4.69) is 10.0 Å². The maximum Gasteiger partial charge on any atom is 0.421 e. The molecule has 0 aliphatic carbocycles. The first-order chi connectivity index (χ1) is 20.7. The van der Waals surface area contributed by atoms with Crippen molar-refractivity contribution >= 4 is 21.6 Å². The number of benzene rings is 3. The first-order valence-electron chi connectivity index (χ1n) is 13.6. The van der Waals surface area contributed by atoms with Gasteiger partial charge in [0, 0.05) is 16.8 Å². The van der Waals surface area contributed by atoms with E-state index in [4.69, 9.17) is 4.74 Å². The van der Waals surface area contributed by atoms with Crippen LogP contribution in [0.3, 0.4) is 0 Å². The van der Waals surface area contributed by atoms with Gasteiger partial charge in [-0.1, -0.05) is 31.2 Å². The molecule has 1 aliphatic rings. The maximum absolute atomic E-state index is 13.4. The molecule has 0 saturated heterocycles. The van der Waals surface area contributed by atoms with Crippen LogP contribution >= 0.6 is 0 Å². The quantitative estimate of drug-likeness (QED) is 0.228. The summed E-state index contributed by atoms with van der Waals surface area (Å²) < 4.78 is 114. The first-order valence-corrected chi connectivity index (χ1v) is 15.1. The summed E-state index contributed by atoms with van der Waals surface area (Å²) >= 11 is 0. The van der Waals surface area contributed by atoms with Crippen molar-refractivity contribution in [3.05, 3.63) is 89.0 Å². The van der Waals surface area contributed by atoms with Gasteiger partial charge in [0.15, 0.2) is 5.60 Å². The predicted octanol–water partition coefficient (Wildman–Crippen LogP) is 5.76.